The van der Waals surface area contributed by atoms with Gasteiger partial charge in [0.1, 0.15) is 24.1 Å². The van der Waals surface area contributed by atoms with Gasteiger partial charge >= 0.3 is 11.4 Å². The van der Waals surface area contributed by atoms with Crippen LogP contribution in [0.1, 0.15) is 176 Å². The van der Waals surface area contributed by atoms with Crippen LogP contribution in [0.25, 0.3) is 0 Å². The Morgan fingerprint density at radius 2 is 1.12 bits per heavy atom. The second-order valence-electron chi connectivity index (χ2n) is 21.7. The van der Waals surface area contributed by atoms with Gasteiger partial charge in [0.2, 0.25) is 19.5 Å². The van der Waals surface area contributed by atoms with Gasteiger partial charge in [-0.05, 0) is 85.6 Å². The largest absolute Gasteiger partial charge is 0.390 e. The lowest BCUT2D eigenvalue weighted by Crippen LogP contribution is -2.50. The van der Waals surface area contributed by atoms with Crippen LogP contribution < -0.4 is 22.0 Å². The molecule has 6 saturated heterocycles. The van der Waals surface area contributed by atoms with Crippen molar-refractivity contribution in [3.63, 3.8) is 0 Å². The Hall–Kier alpha value is -1.77. The molecular formula is C52H95ClN8O10P2S2. The molecule has 23 heteroatoms. The summed E-state index contributed by atoms with van der Waals surface area (Å²) in [6, 6.07) is 4.13. The summed E-state index contributed by atoms with van der Waals surface area (Å²) >= 11 is 6.35. The highest BCUT2D eigenvalue weighted by molar-refractivity contribution is 7.78. The third-order valence-electron chi connectivity index (χ3n) is 15.2. The first kappa shape index (κ1) is 69.3. The molecule has 0 aliphatic carbocycles. The van der Waals surface area contributed by atoms with Crippen molar-refractivity contribution in [2.45, 2.75) is 223 Å². The highest BCUT2D eigenvalue weighted by atomic mass is 35.7. The minimum atomic E-state index is -1.20. The van der Waals surface area contributed by atoms with E-state index in [0.717, 1.165) is 25.9 Å². The lowest BCUT2D eigenvalue weighted by molar-refractivity contribution is -0.119. The second kappa shape index (κ2) is 29.6. The highest BCUT2D eigenvalue weighted by Gasteiger charge is 2.61. The van der Waals surface area contributed by atoms with Crippen LogP contribution in [0.3, 0.4) is 0 Å². The Kier molecular flexibility index (Phi) is 27.4. The van der Waals surface area contributed by atoms with Gasteiger partial charge in [0.15, 0.2) is 0 Å². The van der Waals surface area contributed by atoms with Gasteiger partial charge in [0, 0.05) is 62.2 Å². The van der Waals surface area contributed by atoms with Crippen LogP contribution in [0.15, 0.2) is 34.1 Å². The first-order chi connectivity index (χ1) is 33.5. The predicted molar refractivity (Wildman–Crippen MR) is 313 cm³/mol. The normalized spacial score (nSPS) is 28.4. The fourth-order valence-corrected chi connectivity index (χ4v) is 16.3. The number of nitrogens with zero attached hydrogens (tertiary/aromatic N) is 6. The third kappa shape index (κ3) is 15.0. The summed E-state index contributed by atoms with van der Waals surface area (Å²) in [6.07, 6.45) is 8.25. The van der Waals surface area contributed by atoms with E-state index in [9.17, 15) is 24.3 Å². The number of carbonyl (C=O) groups is 2. The molecule has 6 fully saturated rings. The molecule has 2 amide bonds. The van der Waals surface area contributed by atoms with Gasteiger partial charge in [-0.3, -0.25) is 18.7 Å². The Bertz CT molecular complexity index is 2230. The van der Waals surface area contributed by atoms with E-state index in [2.05, 4.69) is 92.3 Å². The Morgan fingerprint density at radius 3 is 1.53 bits per heavy atom. The summed E-state index contributed by atoms with van der Waals surface area (Å²) in [6.45, 7) is 31.3. The average molecular weight is 1150 g/mol. The van der Waals surface area contributed by atoms with Crippen molar-refractivity contribution in [3.8, 4) is 0 Å². The number of aromatic nitrogens is 4. The van der Waals surface area contributed by atoms with E-state index in [1.807, 2.05) is 6.92 Å². The first-order valence-electron chi connectivity index (χ1n) is 26.1. The number of rotatable bonds is 14. The van der Waals surface area contributed by atoms with Crippen LogP contribution in [0.4, 0.5) is 11.6 Å². The minimum absolute atomic E-state index is 0. The SMILES string of the molecule is C.C.CC(C)C1(C(C)C)OP(Cl)N2CCC[C@H]21.CC[C@H]1O[C@@H](n2ccc(NC(=O)C(C)C)nc2=O)CC1O.CC[C@H]1O[C@@H](n2ccc(NC(=O)C(C)C)nc2=O)CC1OP1OC(C(C)C)(C(C)C)[C@@H]2CCCN21.S.S. The molecule has 6 aliphatic rings. The average Bonchev–Trinajstić information content (AvgIpc) is 4.17. The standard InChI is InChI=1S/C25H41N4O5P.C14H21N3O4.C11H21ClNOP.2CH4.2H2S/c1-8-18-19(33-35-29-12-9-10-20(29)25(34-35,16(4)5)17(6)7)14-22(32-18)28-13-11-21(27-24(28)31)26-23(30)15(2)3;1-4-10-9(18)7-12(21-10)17-6-5-11(16-14(17)20)15-13(19)8(2)3;1-8(2)11(9(3)4)10-6-5-7-13(10)15(12)14-11;;;;/h11,13,15-20,22H,8-10,12,14H2,1-7H3,(H,26,27,30,31);5-6,8-10,12,18H,4,7H2,1-3H3,(H,15,16,19,20);8-10H,5-7H2,1-4H3;2*1H4;2*1H2/t18-,19?,20+,22-,35?;9?,10-,12-;10-,15?;;;;/m110..../s1. The maximum atomic E-state index is 12.8. The lowest BCUT2D eigenvalue weighted by atomic mass is 9.74. The van der Waals surface area contributed by atoms with E-state index < -0.39 is 46.1 Å². The van der Waals surface area contributed by atoms with Crippen molar-refractivity contribution < 1.29 is 37.7 Å². The van der Waals surface area contributed by atoms with Gasteiger partial charge in [-0.1, -0.05) is 112 Å². The summed E-state index contributed by atoms with van der Waals surface area (Å²) in [4.78, 5) is 56.2. The molecule has 10 atom stereocenters. The molecule has 0 saturated carbocycles. The van der Waals surface area contributed by atoms with Crippen molar-refractivity contribution in [2.75, 3.05) is 23.7 Å². The molecule has 0 bridgehead atoms. The van der Waals surface area contributed by atoms with Gasteiger partial charge in [-0.2, -0.15) is 37.0 Å². The molecule has 0 aromatic carbocycles. The van der Waals surface area contributed by atoms with Crippen LogP contribution >= 0.6 is 54.4 Å². The van der Waals surface area contributed by atoms with Gasteiger partial charge in [-0.15, -0.1) is 0 Å². The fourth-order valence-electron chi connectivity index (χ4n) is 11.3. The molecule has 3 N–H and O–H groups in total. The molecule has 8 heterocycles. The molecule has 2 aromatic rings. The molecule has 432 valence electrons. The minimum Gasteiger partial charge on any atom is -0.390 e. The Labute approximate surface area is 469 Å². The van der Waals surface area contributed by atoms with Crippen LogP contribution in [-0.4, -0.2) is 106 Å². The number of fused-ring (bicyclic) bond motifs is 2. The lowest BCUT2D eigenvalue weighted by Gasteiger charge is -2.40. The number of amides is 2. The highest BCUT2D eigenvalue weighted by Crippen LogP contribution is 2.66. The zero-order valence-corrected chi connectivity index (χ0v) is 50.1. The number of nitrogens with one attached hydrogen (secondary N) is 2. The van der Waals surface area contributed by atoms with Crippen LogP contribution in [0.5, 0.6) is 0 Å². The summed E-state index contributed by atoms with van der Waals surface area (Å²) in [5, 5.41) is 15.1. The van der Waals surface area contributed by atoms with Crippen LogP contribution in [0, 0.1) is 35.5 Å². The number of hydrogen-bond acceptors (Lipinski definition) is 14. The van der Waals surface area contributed by atoms with E-state index in [1.165, 1.54) is 34.6 Å². The van der Waals surface area contributed by atoms with Crippen LogP contribution in [-0.2, 0) is 32.6 Å². The van der Waals surface area contributed by atoms with Crippen LogP contribution in [0.2, 0.25) is 0 Å². The van der Waals surface area contributed by atoms with Crippen molar-refractivity contribution in [3.05, 3.63) is 45.5 Å². The van der Waals surface area contributed by atoms with Crippen molar-refractivity contribution in [2.24, 2.45) is 35.5 Å². The van der Waals surface area contributed by atoms with Crippen molar-refractivity contribution in [1.29, 1.82) is 0 Å². The second-order valence-corrected chi connectivity index (χ2v) is 25.1. The molecule has 6 aliphatic heterocycles. The third-order valence-corrected chi connectivity index (χ3v) is 19.2. The smallest absolute Gasteiger partial charge is 0.351 e. The summed E-state index contributed by atoms with van der Waals surface area (Å²) < 4.78 is 39.3. The van der Waals surface area contributed by atoms with E-state index >= 15 is 0 Å². The number of aliphatic hydroxyl groups excluding tert-OH is 1. The summed E-state index contributed by atoms with van der Waals surface area (Å²) in [7, 11) is -2.05. The Morgan fingerprint density at radius 1 is 0.707 bits per heavy atom. The van der Waals surface area contributed by atoms with Gasteiger partial charge in [-0.25, -0.2) is 18.9 Å². The maximum Gasteiger partial charge on any atom is 0.351 e. The van der Waals surface area contributed by atoms with E-state index in [-0.39, 0.29) is 107 Å². The molecule has 2 aromatic heterocycles. The molecule has 0 radical (unpaired) electrons. The molecule has 8 rings (SSSR count). The zero-order valence-electron chi connectivity index (χ0n) is 45.5. The zero-order chi connectivity index (χ0) is 52.3. The number of ether oxygens (including phenoxy) is 2. The Balaban J connectivity index is 0.000000411. The first-order valence-corrected chi connectivity index (χ1v) is 29.4. The van der Waals surface area contributed by atoms with E-state index in [4.69, 9.17) is 34.3 Å². The summed E-state index contributed by atoms with van der Waals surface area (Å²) in [5.41, 5.74) is -1.18. The number of hydrogen-bond donors (Lipinski definition) is 3. The van der Waals surface area contributed by atoms with Gasteiger partial charge < -0.3 is 38.8 Å². The van der Waals surface area contributed by atoms with Gasteiger partial charge in [0.05, 0.1) is 35.6 Å². The van der Waals surface area contributed by atoms with E-state index in [0.29, 0.717) is 55.0 Å². The number of aliphatic hydroxyl groups is 1. The molecular weight excluding hydrogens is 1060 g/mol. The number of halogens is 1. The monoisotopic (exact) mass is 1150 g/mol. The quantitative estimate of drug-likeness (QED) is 0.151. The van der Waals surface area contributed by atoms with E-state index in [1.54, 1.807) is 46.0 Å². The topological polar surface area (TPSA) is 201 Å². The van der Waals surface area contributed by atoms with Gasteiger partial charge in [0.25, 0.3) is 8.53 Å². The fraction of sp³-hybridized carbons (Fsp3) is 0.808. The maximum absolute atomic E-state index is 12.8. The summed E-state index contributed by atoms with van der Waals surface area (Å²) in [5.74, 6) is 1.57. The number of carbonyl (C=O) groups excluding carboxylic acids is 2. The molecule has 18 nitrogen and oxygen atoms in total. The van der Waals surface area contributed by atoms with Crippen molar-refractivity contribution >= 4 is 77.9 Å². The van der Waals surface area contributed by atoms with Crippen molar-refractivity contribution in [1.82, 2.24) is 28.4 Å². The predicted octanol–water partition coefficient (Wildman–Crippen LogP) is 11.1. The molecule has 75 heavy (non-hydrogen) atoms. The number of anilines is 2. The molecule has 0 spiro atoms. The molecule has 4 unspecified atom stereocenters.